The highest BCUT2D eigenvalue weighted by Gasteiger charge is 2.42. The van der Waals surface area contributed by atoms with Gasteiger partial charge in [0.1, 0.15) is 5.84 Å². The minimum Gasteiger partial charge on any atom is -0.371 e. The van der Waals surface area contributed by atoms with Crippen molar-refractivity contribution in [1.29, 1.82) is 0 Å². The molecular weight excluding hydrogens is 362 g/mol. The van der Waals surface area contributed by atoms with Crippen LogP contribution in [0.15, 0.2) is 53.5 Å². The molecule has 0 saturated carbocycles. The molecule has 0 radical (unpaired) electrons. The Bertz CT molecular complexity index is 841. The maximum Gasteiger partial charge on any atom is 0.129 e. The molecule has 2 heterocycles. The molecule has 5 heteroatoms. The number of para-hydroxylation sites is 2. The summed E-state index contributed by atoms with van der Waals surface area (Å²) in [4.78, 5) is 5.06. The summed E-state index contributed by atoms with van der Waals surface area (Å²) in [6.07, 6.45) is 2.15. The molecule has 26 heavy (non-hydrogen) atoms. The predicted octanol–water partition coefficient (Wildman–Crippen LogP) is 5.59. The molecule has 136 valence electrons. The molecule has 2 aliphatic rings. The van der Waals surface area contributed by atoms with Crippen LogP contribution in [0, 0.1) is 0 Å². The van der Waals surface area contributed by atoms with Crippen molar-refractivity contribution < 1.29 is 0 Å². The first-order chi connectivity index (χ1) is 12.5. The van der Waals surface area contributed by atoms with Crippen LogP contribution in [0.1, 0.15) is 32.3 Å². The van der Waals surface area contributed by atoms with Gasteiger partial charge in [-0.25, -0.2) is 4.99 Å². The zero-order valence-electron chi connectivity index (χ0n) is 15.2. The Balaban J connectivity index is 1.73. The molecule has 0 amide bonds. The number of anilines is 1. The summed E-state index contributed by atoms with van der Waals surface area (Å²) in [5.74, 6) is 3.34. The van der Waals surface area contributed by atoms with E-state index in [-0.39, 0.29) is 11.1 Å². The highest BCUT2D eigenvalue weighted by molar-refractivity contribution is 7.99. The van der Waals surface area contributed by atoms with E-state index in [1.165, 1.54) is 0 Å². The van der Waals surface area contributed by atoms with Gasteiger partial charge >= 0.3 is 0 Å². The fourth-order valence-electron chi connectivity index (χ4n) is 3.70. The molecule has 1 spiro atoms. The lowest BCUT2D eigenvalue weighted by Crippen LogP contribution is -2.59. The van der Waals surface area contributed by atoms with E-state index < -0.39 is 0 Å². The number of hydrogen-bond donors (Lipinski definition) is 2. The van der Waals surface area contributed by atoms with E-state index in [4.69, 9.17) is 16.6 Å². The molecule has 2 aromatic carbocycles. The van der Waals surface area contributed by atoms with Crippen LogP contribution in [0.3, 0.4) is 0 Å². The van der Waals surface area contributed by atoms with Crippen LogP contribution < -0.4 is 10.6 Å². The third kappa shape index (κ3) is 3.33. The highest BCUT2D eigenvalue weighted by Crippen LogP contribution is 2.40. The van der Waals surface area contributed by atoms with Gasteiger partial charge in [-0.3, -0.25) is 0 Å². The number of hydrogen-bond acceptors (Lipinski definition) is 4. The predicted molar refractivity (Wildman–Crippen MR) is 114 cm³/mol. The van der Waals surface area contributed by atoms with Crippen LogP contribution in [0.25, 0.3) is 0 Å². The van der Waals surface area contributed by atoms with Crippen molar-refractivity contribution in [3.8, 4) is 0 Å². The van der Waals surface area contributed by atoms with Gasteiger partial charge in [-0.05, 0) is 68.0 Å². The minimum absolute atomic E-state index is 0.116. The summed E-state index contributed by atoms with van der Waals surface area (Å²) in [5.41, 5.74) is 2.91. The van der Waals surface area contributed by atoms with Crippen LogP contribution in [0.5, 0.6) is 0 Å². The van der Waals surface area contributed by atoms with Crippen molar-refractivity contribution in [2.24, 2.45) is 4.99 Å². The first-order valence-electron chi connectivity index (χ1n) is 9.07. The van der Waals surface area contributed by atoms with Gasteiger partial charge in [0.05, 0.1) is 22.5 Å². The third-order valence-electron chi connectivity index (χ3n) is 5.29. The maximum absolute atomic E-state index is 6.23. The second kappa shape index (κ2) is 6.82. The van der Waals surface area contributed by atoms with Gasteiger partial charge in [0.25, 0.3) is 0 Å². The smallest absolute Gasteiger partial charge is 0.129 e. The largest absolute Gasteiger partial charge is 0.371 e. The van der Waals surface area contributed by atoms with Crippen molar-refractivity contribution >= 4 is 40.6 Å². The Hall–Kier alpha value is -1.65. The summed E-state index contributed by atoms with van der Waals surface area (Å²) >= 11 is 8.25. The third-order valence-corrected chi connectivity index (χ3v) is 6.51. The summed E-state index contributed by atoms with van der Waals surface area (Å²) < 4.78 is 0. The van der Waals surface area contributed by atoms with E-state index >= 15 is 0 Å². The van der Waals surface area contributed by atoms with Crippen LogP contribution >= 0.6 is 23.4 Å². The SMILES string of the molecule is CC(C)(NC1=Nc2ccccc2NC12CCSCC2)c1cccc(Cl)c1. The molecule has 1 fully saturated rings. The molecule has 0 aliphatic carbocycles. The standard InChI is InChI=1S/C21H24ClN3S/c1-20(2,15-6-5-7-16(22)14-15)25-19-21(10-12-26-13-11-21)24-18-9-4-3-8-17(18)23-19/h3-9,14,24H,10-13H2,1-2H3,(H,23,25). The van der Waals surface area contributed by atoms with Gasteiger partial charge < -0.3 is 10.6 Å². The van der Waals surface area contributed by atoms with Gasteiger partial charge in [0, 0.05) is 5.02 Å². The van der Waals surface area contributed by atoms with Crippen molar-refractivity contribution in [1.82, 2.24) is 5.32 Å². The lowest BCUT2D eigenvalue weighted by molar-refractivity contribution is 0.449. The zero-order valence-corrected chi connectivity index (χ0v) is 16.8. The van der Waals surface area contributed by atoms with E-state index in [1.807, 2.05) is 36.0 Å². The molecule has 0 unspecified atom stereocenters. The molecule has 2 N–H and O–H groups in total. The number of thioether (sulfide) groups is 1. The fourth-order valence-corrected chi connectivity index (χ4v) is 5.08. The summed E-state index contributed by atoms with van der Waals surface area (Å²) in [6.45, 7) is 4.37. The van der Waals surface area contributed by atoms with Gasteiger partial charge in [-0.15, -0.1) is 0 Å². The number of amidine groups is 1. The van der Waals surface area contributed by atoms with Gasteiger partial charge in [-0.1, -0.05) is 35.9 Å². The number of nitrogens with one attached hydrogen (secondary N) is 2. The first kappa shape index (κ1) is 17.7. The van der Waals surface area contributed by atoms with Crippen molar-refractivity contribution in [2.45, 2.75) is 37.8 Å². The first-order valence-corrected chi connectivity index (χ1v) is 10.6. The number of aliphatic imine (C=N–C) groups is 1. The highest BCUT2D eigenvalue weighted by atomic mass is 35.5. The molecule has 0 aromatic heterocycles. The van der Waals surface area contributed by atoms with Crippen LogP contribution in [-0.4, -0.2) is 22.9 Å². The molecule has 0 bridgehead atoms. The molecule has 1 saturated heterocycles. The Morgan fingerprint density at radius 3 is 2.65 bits per heavy atom. The van der Waals surface area contributed by atoms with Crippen LogP contribution in [-0.2, 0) is 5.54 Å². The molecule has 2 aliphatic heterocycles. The number of nitrogens with zero attached hydrogens (tertiary/aromatic N) is 1. The Morgan fingerprint density at radius 1 is 1.12 bits per heavy atom. The van der Waals surface area contributed by atoms with E-state index in [1.54, 1.807) is 0 Å². The van der Waals surface area contributed by atoms with Crippen molar-refractivity contribution in [3.63, 3.8) is 0 Å². The van der Waals surface area contributed by atoms with Crippen molar-refractivity contribution in [2.75, 3.05) is 16.8 Å². The molecular formula is C21H24ClN3S. The number of rotatable bonds is 2. The van der Waals surface area contributed by atoms with E-state index in [0.717, 1.165) is 52.1 Å². The average Bonchev–Trinajstić information content (AvgIpc) is 2.63. The summed E-state index contributed by atoms with van der Waals surface area (Å²) in [5, 5.41) is 8.33. The Labute approximate surface area is 164 Å². The zero-order chi connectivity index (χ0) is 18.2. The van der Waals surface area contributed by atoms with Gasteiger partial charge in [-0.2, -0.15) is 11.8 Å². The molecule has 0 atom stereocenters. The lowest BCUT2D eigenvalue weighted by Gasteiger charge is -2.45. The van der Waals surface area contributed by atoms with E-state index in [0.29, 0.717) is 0 Å². The topological polar surface area (TPSA) is 36.4 Å². The molecule has 2 aromatic rings. The summed E-state index contributed by atoms with van der Waals surface area (Å²) in [6, 6.07) is 16.4. The maximum atomic E-state index is 6.23. The average molecular weight is 386 g/mol. The number of benzene rings is 2. The normalized spacial score (nSPS) is 18.7. The van der Waals surface area contributed by atoms with Crippen LogP contribution in [0.4, 0.5) is 11.4 Å². The van der Waals surface area contributed by atoms with Crippen molar-refractivity contribution in [3.05, 3.63) is 59.1 Å². The number of fused-ring (bicyclic) bond motifs is 1. The van der Waals surface area contributed by atoms with Crippen LogP contribution in [0.2, 0.25) is 5.02 Å². The Morgan fingerprint density at radius 2 is 1.88 bits per heavy atom. The molecule has 3 nitrogen and oxygen atoms in total. The van der Waals surface area contributed by atoms with E-state index in [9.17, 15) is 0 Å². The Kier molecular flexibility index (Phi) is 4.66. The lowest BCUT2D eigenvalue weighted by atomic mass is 9.85. The van der Waals surface area contributed by atoms with E-state index in [2.05, 4.69) is 48.7 Å². The second-order valence-corrected chi connectivity index (χ2v) is 9.22. The second-order valence-electron chi connectivity index (χ2n) is 7.56. The van der Waals surface area contributed by atoms with Gasteiger partial charge in [0.15, 0.2) is 0 Å². The minimum atomic E-state index is -0.269. The fraction of sp³-hybridized carbons (Fsp3) is 0.381. The monoisotopic (exact) mass is 385 g/mol. The molecule has 4 rings (SSSR count). The summed E-state index contributed by atoms with van der Waals surface area (Å²) in [7, 11) is 0. The number of halogens is 1. The quantitative estimate of drug-likeness (QED) is 0.707. The van der Waals surface area contributed by atoms with Gasteiger partial charge in [0.2, 0.25) is 0 Å².